The average Bonchev–Trinajstić information content (AvgIpc) is 3.07. The fraction of sp³-hybridized carbons (Fsp3) is 0.333. The number of nitrogens with zero attached hydrogens (tertiary/aromatic N) is 6. The van der Waals surface area contributed by atoms with Crippen LogP contribution in [0.2, 0.25) is 0 Å². The molecule has 134 valence electrons. The van der Waals surface area contributed by atoms with Gasteiger partial charge in [0.2, 0.25) is 5.88 Å². The number of aliphatic hydroxyl groups is 1. The number of anilines is 1. The third-order valence-electron chi connectivity index (χ3n) is 4.49. The third-order valence-corrected chi connectivity index (χ3v) is 4.49. The fourth-order valence-corrected chi connectivity index (χ4v) is 3.11. The smallest absolute Gasteiger partial charge is 0.227 e. The molecule has 1 aliphatic heterocycles. The lowest BCUT2D eigenvalue weighted by atomic mass is 10.2. The van der Waals surface area contributed by atoms with Gasteiger partial charge in [-0.25, -0.2) is 9.97 Å². The number of hydrogen-bond acceptors (Lipinski definition) is 7. The molecule has 0 bridgehead atoms. The normalized spacial score (nSPS) is 13.6. The van der Waals surface area contributed by atoms with Crippen molar-refractivity contribution >= 4 is 5.82 Å². The van der Waals surface area contributed by atoms with E-state index < -0.39 is 0 Å². The predicted octanol–water partition coefficient (Wildman–Crippen LogP) is 1.99. The van der Waals surface area contributed by atoms with Crippen LogP contribution in [0.3, 0.4) is 0 Å². The minimum absolute atomic E-state index is 0.0466. The van der Waals surface area contributed by atoms with Gasteiger partial charge in [0.15, 0.2) is 5.75 Å². The van der Waals surface area contributed by atoms with E-state index in [4.69, 9.17) is 4.74 Å². The van der Waals surface area contributed by atoms with Gasteiger partial charge < -0.3 is 14.7 Å². The van der Waals surface area contributed by atoms with E-state index in [2.05, 4.69) is 25.0 Å². The Hall–Kier alpha value is -3.00. The predicted molar refractivity (Wildman–Crippen MR) is 95.0 cm³/mol. The number of rotatable bonds is 4. The SMILES string of the molecule is Cc1ncccc1Oc1ncnc(N2CCn3nc(CO)cc3C2)c1C. The number of aryl methyl sites for hydroxylation is 1. The van der Waals surface area contributed by atoms with Crippen molar-refractivity contribution in [2.24, 2.45) is 0 Å². The van der Waals surface area contributed by atoms with Gasteiger partial charge in [0.1, 0.15) is 12.1 Å². The van der Waals surface area contributed by atoms with Gasteiger partial charge >= 0.3 is 0 Å². The van der Waals surface area contributed by atoms with Crippen LogP contribution in [0.1, 0.15) is 22.6 Å². The fourth-order valence-electron chi connectivity index (χ4n) is 3.11. The summed E-state index contributed by atoms with van der Waals surface area (Å²) in [6.07, 6.45) is 3.26. The summed E-state index contributed by atoms with van der Waals surface area (Å²) in [5, 5.41) is 13.7. The molecule has 0 saturated heterocycles. The summed E-state index contributed by atoms with van der Waals surface area (Å²) in [5.74, 6) is 2.06. The quantitative estimate of drug-likeness (QED) is 0.768. The number of ether oxygens (including phenoxy) is 1. The molecule has 0 fully saturated rings. The molecule has 26 heavy (non-hydrogen) atoms. The molecular formula is C18H20N6O2. The van der Waals surface area contributed by atoms with E-state index in [1.54, 1.807) is 6.20 Å². The van der Waals surface area contributed by atoms with E-state index in [0.717, 1.165) is 35.9 Å². The van der Waals surface area contributed by atoms with Crippen molar-refractivity contribution in [2.75, 3.05) is 11.4 Å². The molecule has 8 nitrogen and oxygen atoms in total. The largest absolute Gasteiger partial charge is 0.437 e. The van der Waals surface area contributed by atoms with Crippen LogP contribution in [0.5, 0.6) is 11.6 Å². The molecule has 0 aliphatic carbocycles. The lowest BCUT2D eigenvalue weighted by molar-refractivity contribution is 0.275. The van der Waals surface area contributed by atoms with Crippen molar-refractivity contribution in [1.29, 1.82) is 0 Å². The summed E-state index contributed by atoms with van der Waals surface area (Å²) in [5.41, 5.74) is 3.44. The van der Waals surface area contributed by atoms with Gasteiger partial charge in [-0.15, -0.1) is 0 Å². The topological polar surface area (TPSA) is 89.2 Å². The van der Waals surface area contributed by atoms with E-state index in [1.165, 1.54) is 6.33 Å². The summed E-state index contributed by atoms with van der Waals surface area (Å²) < 4.78 is 7.91. The van der Waals surface area contributed by atoms with E-state index in [9.17, 15) is 5.11 Å². The maximum atomic E-state index is 9.28. The zero-order valence-corrected chi connectivity index (χ0v) is 14.8. The van der Waals surface area contributed by atoms with Crippen LogP contribution in [0, 0.1) is 13.8 Å². The van der Waals surface area contributed by atoms with Gasteiger partial charge in [-0.05, 0) is 32.0 Å². The summed E-state index contributed by atoms with van der Waals surface area (Å²) >= 11 is 0. The molecule has 3 aromatic rings. The maximum absolute atomic E-state index is 9.28. The van der Waals surface area contributed by atoms with E-state index >= 15 is 0 Å². The van der Waals surface area contributed by atoms with Crippen molar-refractivity contribution in [1.82, 2.24) is 24.7 Å². The monoisotopic (exact) mass is 352 g/mol. The van der Waals surface area contributed by atoms with Crippen LogP contribution in [0.15, 0.2) is 30.7 Å². The van der Waals surface area contributed by atoms with Crippen molar-refractivity contribution in [2.45, 2.75) is 33.5 Å². The standard InChI is InChI=1S/C18H20N6O2/c1-12-17(23-6-7-24-15(9-23)8-14(10-25)22-24)20-11-21-18(12)26-16-4-3-5-19-13(16)2/h3-5,8,11,25H,6-7,9-10H2,1-2H3. The van der Waals surface area contributed by atoms with Gasteiger partial charge in [-0.1, -0.05) is 0 Å². The molecule has 8 heteroatoms. The van der Waals surface area contributed by atoms with Gasteiger partial charge in [-0.2, -0.15) is 5.10 Å². The van der Waals surface area contributed by atoms with Crippen LogP contribution in [-0.2, 0) is 19.7 Å². The first kappa shape index (κ1) is 16.5. The molecular weight excluding hydrogens is 332 g/mol. The molecule has 0 radical (unpaired) electrons. The first-order valence-electron chi connectivity index (χ1n) is 8.48. The average molecular weight is 352 g/mol. The van der Waals surface area contributed by atoms with Crippen LogP contribution in [-0.4, -0.2) is 36.4 Å². The highest BCUT2D eigenvalue weighted by Gasteiger charge is 2.22. The number of pyridine rings is 1. The van der Waals surface area contributed by atoms with Crippen LogP contribution >= 0.6 is 0 Å². The lowest BCUT2D eigenvalue weighted by Gasteiger charge is -2.29. The maximum Gasteiger partial charge on any atom is 0.227 e. The minimum atomic E-state index is -0.0466. The van der Waals surface area contributed by atoms with Gasteiger partial charge in [0.25, 0.3) is 0 Å². The van der Waals surface area contributed by atoms with Crippen molar-refractivity contribution in [3.63, 3.8) is 0 Å². The third kappa shape index (κ3) is 2.99. The van der Waals surface area contributed by atoms with Crippen LogP contribution < -0.4 is 9.64 Å². The summed E-state index contributed by atoms with van der Waals surface area (Å²) in [4.78, 5) is 15.2. The highest BCUT2D eigenvalue weighted by Crippen LogP contribution is 2.30. The number of aromatic nitrogens is 5. The second-order valence-electron chi connectivity index (χ2n) is 6.25. The first-order valence-corrected chi connectivity index (χ1v) is 8.48. The van der Waals surface area contributed by atoms with Crippen molar-refractivity contribution < 1.29 is 9.84 Å². The molecule has 4 heterocycles. The summed E-state index contributed by atoms with van der Waals surface area (Å²) in [7, 11) is 0. The minimum Gasteiger partial charge on any atom is -0.437 e. The van der Waals surface area contributed by atoms with Crippen molar-refractivity contribution in [3.05, 3.63) is 53.4 Å². The van der Waals surface area contributed by atoms with E-state index in [0.29, 0.717) is 23.9 Å². The molecule has 0 saturated carbocycles. The summed E-state index contributed by atoms with van der Waals surface area (Å²) in [6, 6.07) is 5.64. The molecule has 0 spiro atoms. The first-order chi connectivity index (χ1) is 12.7. The van der Waals surface area contributed by atoms with E-state index in [1.807, 2.05) is 36.7 Å². The Labute approximate surface area is 151 Å². The molecule has 0 atom stereocenters. The summed E-state index contributed by atoms with van der Waals surface area (Å²) in [6.45, 7) is 6.02. The van der Waals surface area contributed by atoms with Gasteiger partial charge in [0, 0.05) is 12.7 Å². The zero-order valence-electron chi connectivity index (χ0n) is 14.8. The van der Waals surface area contributed by atoms with Gasteiger partial charge in [0.05, 0.1) is 42.3 Å². The van der Waals surface area contributed by atoms with Crippen LogP contribution in [0.25, 0.3) is 0 Å². The lowest BCUT2D eigenvalue weighted by Crippen LogP contribution is -2.34. The molecule has 4 rings (SSSR count). The van der Waals surface area contributed by atoms with Gasteiger partial charge in [-0.3, -0.25) is 9.67 Å². The molecule has 3 aromatic heterocycles. The number of aliphatic hydroxyl groups excluding tert-OH is 1. The number of fused-ring (bicyclic) bond motifs is 1. The molecule has 0 amide bonds. The highest BCUT2D eigenvalue weighted by atomic mass is 16.5. The molecule has 0 aromatic carbocycles. The second kappa shape index (κ2) is 6.72. The second-order valence-corrected chi connectivity index (χ2v) is 6.25. The Morgan fingerprint density at radius 1 is 1.19 bits per heavy atom. The molecule has 0 unspecified atom stereocenters. The van der Waals surface area contributed by atoms with Crippen LogP contribution in [0.4, 0.5) is 5.82 Å². The zero-order chi connectivity index (χ0) is 18.1. The Balaban J connectivity index is 1.61. The number of hydrogen-bond donors (Lipinski definition) is 1. The Kier molecular flexibility index (Phi) is 4.26. The molecule has 1 N–H and O–H groups in total. The van der Waals surface area contributed by atoms with E-state index in [-0.39, 0.29) is 6.61 Å². The Morgan fingerprint density at radius 3 is 2.88 bits per heavy atom. The Bertz CT molecular complexity index is 939. The van der Waals surface area contributed by atoms with Crippen molar-refractivity contribution in [3.8, 4) is 11.6 Å². The molecule has 1 aliphatic rings. The Morgan fingerprint density at radius 2 is 2.08 bits per heavy atom. The highest BCUT2D eigenvalue weighted by molar-refractivity contribution is 5.51.